The lowest BCUT2D eigenvalue weighted by atomic mass is 10.1. The monoisotopic (exact) mass is 248 g/mol. The number of likely N-dealkylation sites (N-methyl/N-ethyl adjacent to an activating group) is 2. The molecule has 1 fully saturated rings. The van der Waals surface area contributed by atoms with Crippen molar-refractivity contribution in [2.75, 3.05) is 32.1 Å². The van der Waals surface area contributed by atoms with Gasteiger partial charge >= 0.3 is 0 Å². The first-order valence-electron chi connectivity index (χ1n) is 6.77. The van der Waals surface area contributed by atoms with Gasteiger partial charge in [0.1, 0.15) is 0 Å². The maximum Gasteiger partial charge on any atom is 0.0761 e. The van der Waals surface area contributed by atoms with Gasteiger partial charge in [-0.3, -0.25) is 0 Å². The molecule has 1 heterocycles. The van der Waals surface area contributed by atoms with E-state index in [4.69, 9.17) is 0 Å². The average molecular weight is 248 g/mol. The van der Waals surface area contributed by atoms with Gasteiger partial charge in [0.05, 0.1) is 6.10 Å². The van der Waals surface area contributed by atoms with Gasteiger partial charge in [-0.2, -0.15) is 0 Å². The van der Waals surface area contributed by atoms with Crippen molar-refractivity contribution in [2.24, 2.45) is 0 Å². The summed E-state index contributed by atoms with van der Waals surface area (Å²) in [5.41, 5.74) is 2.20. The first kappa shape index (κ1) is 13.4. The van der Waals surface area contributed by atoms with Crippen LogP contribution >= 0.6 is 0 Å². The van der Waals surface area contributed by atoms with Gasteiger partial charge in [-0.25, -0.2) is 0 Å². The molecule has 0 spiro atoms. The average Bonchev–Trinajstić information content (AvgIpc) is 2.75. The molecule has 0 radical (unpaired) electrons. The number of benzene rings is 1. The number of aliphatic hydroxyl groups is 1. The van der Waals surface area contributed by atoms with E-state index < -0.39 is 0 Å². The Bertz CT molecular complexity index is 375. The molecule has 1 aliphatic rings. The molecule has 2 rings (SSSR count). The predicted molar refractivity (Wildman–Crippen MR) is 76.0 cm³/mol. The summed E-state index contributed by atoms with van der Waals surface area (Å²) >= 11 is 0. The second-order valence-electron chi connectivity index (χ2n) is 5.42. The van der Waals surface area contributed by atoms with Gasteiger partial charge in [0.2, 0.25) is 0 Å². The van der Waals surface area contributed by atoms with E-state index in [0.717, 1.165) is 12.1 Å². The van der Waals surface area contributed by atoms with Crippen LogP contribution in [-0.2, 0) is 0 Å². The fourth-order valence-electron chi connectivity index (χ4n) is 2.64. The molecule has 1 aromatic carbocycles. The lowest BCUT2D eigenvalue weighted by Crippen LogP contribution is -2.36. The van der Waals surface area contributed by atoms with Crippen molar-refractivity contribution in [1.82, 2.24) is 4.90 Å². The molecule has 1 aliphatic heterocycles. The van der Waals surface area contributed by atoms with Crippen LogP contribution in [0.25, 0.3) is 0 Å². The number of rotatable bonds is 4. The quantitative estimate of drug-likeness (QED) is 0.885. The van der Waals surface area contributed by atoms with Crippen molar-refractivity contribution in [3.8, 4) is 0 Å². The van der Waals surface area contributed by atoms with E-state index >= 15 is 0 Å². The zero-order valence-corrected chi connectivity index (χ0v) is 11.6. The summed E-state index contributed by atoms with van der Waals surface area (Å²) < 4.78 is 0. The predicted octanol–water partition coefficient (Wildman–Crippen LogP) is 2.27. The third kappa shape index (κ3) is 3.03. The van der Waals surface area contributed by atoms with Crippen LogP contribution in [0.15, 0.2) is 24.3 Å². The minimum Gasteiger partial charge on any atom is -0.389 e. The Kier molecular flexibility index (Phi) is 4.25. The van der Waals surface area contributed by atoms with Crippen molar-refractivity contribution in [2.45, 2.75) is 31.9 Å². The summed E-state index contributed by atoms with van der Waals surface area (Å²) in [5, 5.41) is 9.50. The second kappa shape index (κ2) is 5.72. The Morgan fingerprint density at radius 1 is 1.39 bits per heavy atom. The van der Waals surface area contributed by atoms with Crippen molar-refractivity contribution < 1.29 is 5.11 Å². The standard InChI is InChI=1S/C15H24N2O/c1-12(18)13-6-8-14(9-7-13)17(3)11-15-5-4-10-16(15)2/h6-9,12,15,18H,4-5,10-11H2,1-3H3/t12-,15?/m1/s1. The van der Waals surface area contributed by atoms with Crippen LogP contribution in [0, 0.1) is 0 Å². The zero-order chi connectivity index (χ0) is 13.1. The minimum absolute atomic E-state index is 0.384. The molecule has 1 aromatic rings. The molecule has 18 heavy (non-hydrogen) atoms. The van der Waals surface area contributed by atoms with Crippen LogP contribution < -0.4 is 4.90 Å². The molecule has 3 heteroatoms. The molecule has 1 saturated heterocycles. The summed E-state index contributed by atoms with van der Waals surface area (Å²) in [5.74, 6) is 0. The summed E-state index contributed by atoms with van der Waals surface area (Å²) in [7, 11) is 4.35. The molecular formula is C15H24N2O. The molecule has 1 unspecified atom stereocenters. The van der Waals surface area contributed by atoms with Gasteiger partial charge < -0.3 is 14.9 Å². The van der Waals surface area contributed by atoms with E-state index in [9.17, 15) is 5.11 Å². The van der Waals surface area contributed by atoms with Crippen LogP contribution in [0.2, 0.25) is 0 Å². The highest BCUT2D eigenvalue weighted by atomic mass is 16.3. The molecule has 0 bridgehead atoms. The SMILES string of the molecule is C[C@@H](O)c1ccc(N(C)CC2CCCN2C)cc1. The summed E-state index contributed by atoms with van der Waals surface area (Å²) in [6.07, 6.45) is 2.23. The number of hydrogen-bond acceptors (Lipinski definition) is 3. The smallest absolute Gasteiger partial charge is 0.0761 e. The molecule has 0 aromatic heterocycles. The maximum absolute atomic E-state index is 9.50. The Hall–Kier alpha value is -1.06. The molecule has 100 valence electrons. The van der Waals surface area contributed by atoms with Crippen molar-refractivity contribution >= 4 is 5.69 Å². The lowest BCUT2D eigenvalue weighted by Gasteiger charge is -2.27. The number of anilines is 1. The largest absolute Gasteiger partial charge is 0.389 e. The van der Waals surface area contributed by atoms with E-state index in [2.05, 4.69) is 36.0 Å². The minimum atomic E-state index is -0.384. The molecule has 2 atom stereocenters. The normalized spacial score (nSPS) is 22.1. The zero-order valence-electron chi connectivity index (χ0n) is 11.6. The van der Waals surface area contributed by atoms with E-state index in [1.165, 1.54) is 25.1 Å². The summed E-state index contributed by atoms with van der Waals surface area (Å²) in [4.78, 5) is 4.75. The van der Waals surface area contributed by atoms with E-state index in [-0.39, 0.29) is 6.10 Å². The van der Waals surface area contributed by atoms with Gasteiger partial charge in [-0.05, 0) is 51.1 Å². The fourth-order valence-corrected chi connectivity index (χ4v) is 2.64. The molecule has 3 nitrogen and oxygen atoms in total. The van der Waals surface area contributed by atoms with Crippen LogP contribution in [-0.4, -0.2) is 43.2 Å². The van der Waals surface area contributed by atoms with Gasteiger partial charge in [0.25, 0.3) is 0 Å². The fraction of sp³-hybridized carbons (Fsp3) is 0.600. The Morgan fingerprint density at radius 3 is 2.56 bits per heavy atom. The van der Waals surface area contributed by atoms with Crippen LogP contribution in [0.1, 0.15) is 31.4 Å². The Labute approximate surface area is 110 Å². The number of aliphatic hydroxyl groups excluding tert-OH is 1. The molecule has 0 amide bonds. The summed E-state index contributed by atoms with van der Waals surface area (Å²) in [6, 6.07) is 8.88. The summed E-state index contributed by atoms with van der Waals surface area (Å²) in [6.45, 7) is 4.09. The van der Waals surface area contributed by atoms with Crippen molar-refractivity contribution in [3.63, 3.8) is 0 Å². The Balaban J connectivity index is 1.98. The van der Waals surface area contributed by atoms with E-state index in [1.54, 1.807) is 6.92 Å². The van der Waals surface area contributed by atoms with Gasteiger partial charge in [0.15, 0.2) is 0 Å². The second-order valence-corrected chi connectivity index (χ2v) is 5.42. The van der Waals surface area contributed by atoms with Crippen molar-refractivity contribution in [3.05, 3.63) is 29.8 Å². The third-order valence-electron chi connectivity index (χ3n) is 3.97. The molecule has 1 N–H and O–H groups in total. The Morgan fingerprint density at radius 2 is 2.06 bits per heavy atom. The number of likely N-dealkylation sites (tertiary alicyclic amines) is 1. The maximum atomic E-state index is 9.50. The van der Waals surface area contributed by atoms with Crippen LogP contribution in [0.4, 0.5) is 5.69 Å². The van der Waals surface area contributed by atoms with Crippen LogP contribution in [0.5, 0.6) is 0 Å². The molecular weight excluding hydrogens is 224 g/mol. The van der Waals surface area contributed by atoms with Gasteiger partial charge in [-0.1, -0.05) is 12.1 Å². The van der Waals surface area contributed by atoms with Gasteiger partial charge in [0, 0.05) is 25.3 Å². The number of hydrogen-bond donors (Lipinski definition) is 1. The van der Waals surface area contributed by atoms with E-state index in [0.29, 0.717) is 6.04 Å². The lowest BCUT2D eigenvalue weighted by molar-refractivity contribution is 0.199. The highest BCUT2D eigenvalue weighted by Crippen LogP contribution is 2.21. The highest BCUT2D eigenvalue weighted by molar-refractivity contribution is 5.47. The van der Waals surface area contributed by atoms with E-state index in [1.807, 2.05) is 12.1 Å². The van der Waals surface area contributed by atoms with Crippen molar-refractivity contribution in [1.29, 1.82) is 0 Å². The first-order valence-corrected chi connectivity index (χ1v) is 6.77. The number of nitrogens with zero attached hydrogens (tertiary/aromatic N) is 2. The molecule has 0 saturated carbocycles. The molecule has 0 aliphatic carbocycles. The van der Waals surface area contributed by atoms with Crippen LogP contribution in [0.3, 0.4) is 0 Å². The first-order chi connectivity index (χ1) is 8.58. The third-order valence-corrected chi connectivity index (χ3v) is 3.97. The van der Waals surface area contributed by atoms with Gasteiger partial charge in [-0.15, -0.1) is 0 Å². The topological polar surface area (TPSA) is 26.7 Å². The highest BCUT2D eigenvalue weighted by Gasteiger charge is 2.22.